The number of ether oxygens (including phenoxy) is 1. The summed E-state index contributed by atoms with van der Waals surface area (Å²) >= 11 is 0. The molecule has 0 amide bonds. The van der Waals surface area contributed by atoms with Crippen molar-refractivity contribution >= 4 is 40.8 Å². The minimum absolute atomic E-state index is 0. The van der Waals surface area contributed by atoms with Crippen molar-refractivity contribution in [2.24, 2.45) is 4.99 Å². The number of nitrogens with one attached hydrogen (secondary N) is 3. The molecule has 0 saturated heterocycles. The van der Waals surface area contributed by atoms with E-state index in [4.69, 9.17) is 4.74 Å². The van der Waals surface area contributed by atoms with Gasteiger partial charge in [-0.15, -0.1) is 24.0 Å². The molecule has 5 nitrogen and oxygen atoms in total. The van der Waals surface area contributed by atoms with Crippen molar-refractivity contribution in [3.8, 4) is 0 Å². The number of aromatic nitrogens is 1. The third kappa shape index (κ3) is 5.66. The first-order chi connectivity index (χ1) is 11.3. The molecule has 0 aliphatic carbocycles. The Morgan fingerprint density at radius 3 is 2.75 bits per heavy atom. The average Bonchev–Trinajstić information content (AvgIpc) is 2.98. The highest BCUT2D eigenvalue weighted by Gasteiger charge is 2.06. The maximum atomic E-state index is 5.04. The number of nitrogens with zero attached hydrogens (tertiary/aromatic N) is 1. The van der Waals surface area contributed by atoms with E-state index >= 15 is 0 Å². The Morgan fingerprint density at radius 1 is 1.21 bits per heavy atom. The van der Waals surface area contributed by atoms with Crippen molar-refractivity contribution < 1.29 is 4.74 Å². The van der Waals surface area contributed by atoms with Gasteiger partial charge in [0, 0.05) is 37.3 Å². The monoisotopic (exact) mass is 444 g/mol. The molecular weight excluding hydrogens is 415 g/mol. The van der Waals surface area contributed by atoms with E-state index in [2.05, 4.69) is 58.9 Å². The molecule has 1 aromatic carbocycles. The molecule has 1 heterocycles. The smallest absolute Gasteiger partial charge is 0.191 e. The highest BCUT2D eigenvalue weighted by molar-refractivity contribution is 14.0. The minimum atomic E-state index is 0. The number of H-pyrrole nitrogens is 1. The van der Waals surface area contributed by atoms with Crippen LogP contribution in [0.2, 0.25) is 0 Å². The summed E-state index contributed by atoms with van der Waals surface area (Å²) in [5.41, 5.74) is 3.98. The molecule has 6 heteroatoms. The molecule has 1 aromatic heterocycles. The molecule has 2 rings (SSSR count). The van der Waals surface area contributed by atoms with Crippen molar-refractivity contribution in [2.75, 3.05) is 33.4 Å². The van der Waals surface area contributed by atoms with Gasteiger partial charge in [-0.2, -0.15) is 0 Å². The largest absolute Gasteiger partial charge is 0.383 e. The first-order valence-electron chi connectivity index (χ1n) is 8.39. The molecular formula is C18H29IN4O. The van der Waals surface area contributed by atoms with Crippen LogP contribution in [0.1, 0.15) is 25.0 Å². The number of aromatic amines is 1. The fourth-order valence-corrected chi connectivity index (χ4v) is 2.68. The lowest BCUT2D eigenvalue weighted by atomic mass is 10.1. The molecule has 2 aromatic rings. The molecule has 0 atom stereocenters. The van der Waals surface area contributed by atoms with Crippen molar-refractivity contribution in [1.29, 1.82) is 0 Å². The maximum Gasteiger partial charge on any atom is 0.191 e. The number of aryl methyl sites for hydroxylation is 1. The van der Waals surface area contributed by atoms with E-state index in [9.17, 15) is 0 Å². The quantitative estimate of drug-likeness (QED) is 0.254. The number of para-hydroxylation sites is 1. The molecule has 0 aliphatic rings. The van der Waals surface area contributed by atoms with E-state index in [0.717, 1.165) is 31.9 Å². The van der Waals surface area contributed by atoms with Crippen LogP contribution in [0.5, 0.6) is 0 Å². The number of hydrogen-bond donors (Lipinski definition) is 3. The maximum absolute atomic E-state index is 5.04. The number of aliphatic imine (C=N–C) groups is 1. The van der Waals surface area contributed by atoms with Crippen molar-refractivity contribution in [1.82, 2.24) is 15.6 Å². The number of guanidine groups is 1. The van der Waals surface area contributed by atoms with Crippen LogP contribution in [0.4, 0.5) is 0 Å². The molecule has 0 fully saturated rings. The van der Waals surface area contributed by atoms with Gasteiger partial charge in [0.2, 0.25) is 0 Å². The summed E-state index contributed by atoms with van der Waals surface area (Å²) < 4.78 is 5.04. The highest BCUT2D eigenvalue weighted by Crippen LogP contribution is 2.22. The number of benzene rings is 1. The van der Waals surface area contributed by atoms with E-state index in [1.165, 1.54) is 22.0 Å². The SMILES string of the molecule is CCNC(=NCCOC)NCCc1c[nH]c2c(CC)cccc12.I. The van der Waals surface area contributed by atoms with E-state index in [0.29, 0.717) is 13.2 Å². The van der Waals surface area contributed by atoms with E-state index in [1.54, 1.807) is 7.11 Å². The molecule has 0 aliphatic heterocycles. The van der Waals surface area contributed by atoms with Gasteiger partial charge in [0.05, 0.1) is 13.2 Å². The van der Waals surface area contributed by atoms with Crippen LogP contribution >= 0.6 is 24.0 Å². The Hall–Kier alpha value is -1.28. The number of halogens is 1. The topological polar surface area (TPSA) is 61.4 Å². The van der Waals surface area contributed by atoms with Crippen LogP contribution in [-0.4, -0.2) is 44.3 Å². The summed E-state index contributed by atoms with van der Waals surface area (Å²) in [7, 11) is 1.69. The van der Waals surface area contributed by atoms with Crippen LogP contribution < -0.4 is 10.6 Å². The van der Waals surface area contributed by atoms with Crippen LogP contribution in [0.3, 0.4) is 0 Å². The summed E-state index contributed by atoms with van der Waals surface area (Å²) in [6.07, 6.45) is 4.13. The van der Waals surface area contributed by atoms with Gasteiger partial charge >= 0.3 is 0 Å². The van der Waals surface area contributed by atoms with Crippen molar-refractivity contribution in [3.63, 3.8) is 0 Å². The Morgan fingerprint density at radius 2 is 2.04 bits per heavy atom. The van der Waals surface area contributed by atoms with Crippen LogP contribution in [0.25, 0.3) is 10.9 Å². The summed E-state index contributed by atoms with van der Waals surface area (Å²) in [6.45, 7) is 7.26. The van der Waals surface area contributed by atoms with Crippen molar-refractivity contribution in [2.45, 2.75) is 26.7 Å². The molecule has 0 bridgehead atoms. The van der Waals surface area contributed by atoms with Gasteiger partial charge in [-0.25, -0.2) is 0 Å². The summed E-state index contributed by atoms with van der Waals surface area (Å²) in [4.78, 5) is 7.90. The molecule has 3 N–H and O–H groups in total. The molecule has 0 spiro atoms. The van der Waals surface area contributed by atoms with Gasteiger partial charge in [-0.3, -0.25) is 4.99 Å². The van der Waals surface area contributed by atoms with Gasteiger partial charge in [0.15, 0.2) is 5.96 Å². The molecule has 0 unspecified atom stereocenters. The van der Waals surface area contributed by atoms with Gasteiger partial charge in [-0.05, 0) is 30.9 Å². The molecule has 0 radical (unpaired) electrons. The zero-order valence-corrected chi connectivity index (χ0v) is 17.1. The number of rotatable bonds is 8. The standard InChI is InChI=1S/C18H28N4O.HI/c1-4-14-7-6-8-16-15(13-22-17(14)16)9-10-20-18(19-5-2)21-11-12-23-3;/h6-8,13,22H,4-5,9-12H2,1-3H3,(H2,19,20,21);1H. The third-order valence-electron chi connectivity index (χ3n) is 3.86. The van der Waals surface area contributed by atoms with Crippen LogP contribution in [0, 0.1) is 0 Å². The lowest BCUT2D eigenvalue weighted by molar-refractivity contribution is 0.208. The second kappa shape index (κ2) is 11.3. The predicted octanol–water partition coefficient (Wildman–Crippen LogP) is 3.09. The average molecular weight is 444 g/mol. The lowest BCUT2D eigenvalue weighted by Crippen LogP contribution is -2.38. The van der Waals surface area contributed by atoms with Gasteiger partial charge in [0.25, 0.3) is 0 Å². The Labute approximate surface area is 161 Å². The third-order valence-corrected chi connectivity index (χ3v) is 3.86. The Bertz CT molecular complexity index is 639. The number of fused-ring (bicyclic) bond motifs is 1. The zero-order valence-electron chi connectivity index (χ0n) is 14.8. The normalized spacial score (nSPS) is 11.4. The zero-order chi connectivity index (χ0) is 16.5. The Balaban J connectivity index is 0.00000288. The highest BCUT2D eigenvalue weighted by atomic mass is 127. The number of methoxy groups -OCH3 is 1. The van der Waals surface area contributed by atoms with Gasteiger partial charge in [0.1, 0.15) is 0 Å². The van der Waals surface area contributed by atoms with Crippen molar-refractivity contribution in [3.05, 3.63) is 35.5 Å². The van der Waals surface area contributed by atoms with Gasteiger partial charge in [-0.1, -0.05) is 25.1 Å². The number of hydrogen-bond acceptors (Lipinski definition) is 2. The van der Waals surface area contributed by atoms with E-state index in [1.807, 2.05) is 0 Å². The fourth-order valence-electron chi connectivity index (χ4n) is 2.68. The van der Waals surface area contributed by atoms with Crippen LogP contribution in [0.15, 0.2) is 29.4 Å². The molecule has 0 saturated carbocycles. The molecule has 134 valence electrons. The molecule has 24 heavy (non-hydrogen) atoms. The predicted molar refractivity (Wildman–Crippen MR) is 113 cm³/mol. The second-order valence-corrected chi connectivity index (χ2v) is 5.44. The second-order valence-electron chi connectivity index (χ2n) is 5.44. The Kier molecular flexibility index (Phi) is 9.78. The fraction of sp³-hybridized carbons (Fsp3) is 0.500. The first kappa shape index (κ1) is 20.8. The first-order valence-corrected chi connectivity index (χ1v) is 8.39. The summed E-state index contributed by atoms with van der Waals surface area (Å²) in [5, 5.41) is 7.96. The minimum Gasteiger partial charge on any atom is -0.383 e. The van der Waals surface area contributed by atoms with Gasteiger partial charge < -0.3 is 20.4 Å². The van der Waals surface area contributed by atoms with E-state index in [-0.39, 0.29) is 24.0 Å². The van der Waals surface area contributed by atoms with Crippen LogP contribution in [-0.2, 0) is 17.6 Å². The summed E-state index contributed by atoms with van der Waals surface area (Å²) in [5.74, 6) is 0.846. The van der Waals surface area contributed by atoms with E-state index < -0.39 is 0 Å². The summed E-state index contributed by atoms with van der Waals surface area (Å²) in [6, 6.07) is 6.52. The lowest BCUT2D eigenvalue weighted by Gasteiger charge is -2.11.